The summed E-state index contributed by atoms with van der Waals surface area (Å²) in [5.41, 5.74) is 0. The van der Waals surface area contributed by atoms with Gasteiger partial charge in [0.25, 0.3) is 0 Å². The number of alkyl halides is 3. The molecule has 0 saturated carbocycles. The van der Waals surface area contributed by atoms with Crippen molar-refractivity contribution >= 4 is 0 Å². The van der Waals surface area contributed by atoms with Gasteiger partial charge in [0.15, 0.2) is 0 Å². The Morgan fingerprint density at radius 3 is 2.07 bits per heavy atom. The van der Waals surface area contributed by atoms with Gasteiger partial charge < -0.3 is 5.32 Å². The SMILES string of the molecule is CCC(NC)C(C)N(CC)CC(F)(F)F. The fraction of sp³-hybridized carbons (Fsp3) is 1.00. The summed E-state index contributed by atoms with van der Waals surface area (Å²) in [5.74, 6) is 0. The molecule has 0 aromatic carbocycles. The molecule has 0 amide bonds. The molecule has 92 valence electrons. The van der Waals surface area contributed by atoms with Gasteiger partial charge in [0, 0.05) is 12.1 Å². The van der Waals surface area contributed by atoms with Crippen LogP contribution < -0.4 is 5.32 Å². The summed E-state index contributed by atoms with van der Waals surface area (Å²) in [4.78, 5) is 1.45. The van der Waals surface area contributed by atoms with E-state index < -0.39 is 12.7 Å². The summed E-state index contributed by atoms with van der Waals surface area (Å²) in [6.45, 7) is 5.14. The summed E-state index contributed by atoms with van der Waals surface area (Å²) in [7, 11) is 1.78. The molecule has 2 nitrogen and oxygen atoms in total. The van der Waals surface area contributed by atoms with Crippen LogP contribution in [0.25, 0.3) is 0 Å². The second kappa shape index (κ2) is 6.33. The van der Waals surface area contributed by atoms with Crippen LogP contribution in [0.5, 0.6) is 0 Å². The average molecular weight is 226 g/mol. The molecular formula is C10H21F3N2. The summed E-state index contributed by atoms with van der Waals surface area (Å²) < 4.78 is 36.8. The highest BCUT2D eigenvalue weighted by Gasteiger charge is 2.33. The monoisotopic (exact) mass is 226 g/mol. The minimum absolute atomic E-state index is 0.104. The van der Waals surface area contributed by atoms with Crippen molar-refractivity contribution in [3.8, 4) is 0 Å². The van der Waals surface area contributed by atoms with E-state index in [0.717, 1.165) is 6.42 Å². The first-order chi connectivity index (χ1) is 6.85. The van der Waals surface area contributed by atoms with E-state index in [4.69, 9.17) is 0 Å². The lowest BCUT2D eigenvalue weighted by molar-refractivity contribution is -0.150. The molecule has 15 heavy (non-hydrogen) atoms. The maximum atomic E-state index is 12.3. The second-order valence-corrected chi connectivity index (χ2v) is 3.72. The van der Waals surface area contributed by atoms with Crippen molar-refractivity contribution in [3.05, 3.63) is 0 Å². The van der Waals surface area contributed by atoms with E-state index in [9.17, 15) is 13.2 Å². The van der Waals surface area contributed by atoms with E-state index >= 15 is 0 Å². The Balaban J connectivity index is 4.38. The third-order valence-corrected chi connectivity index (χ3v) is 2.76. The molecule has 0 bridgehead atoms. The molecule has 0 saturated heterocycles. The number of nitrogens with one attached hydrogen (secondary N) is 1. The van der Waals surface area contributed by atoms with E-state index in [-0.39, 0.29) is 12.1 Å². The molecule has 0 spiro atoms. The summed E-state index contributed by atoms with van der Waals surface area (Å²) in [6, 6.07) is -0.000995. The third kappa shape index (κ3) is 5.37. The molecule has 0 aromatic heterocycles. The molecule has 0 aromatic rings. The number of likely N-dealkylation sites (N-methyl/N-ethyl adjacent to an activating group) is 2. The van der Waals surface area contributed by atoms with E-state index in [1.165, 1.54) is 4.90 Å². The number of rotatable bonds is 6. The van der Waals surface area contributed by atoms with Crippen molar-refractivity contribution < 1.29 is 13.2 Å². The molecule has 5 heteroatoms. The van der Waals surface area contributed by atoms with Crippen molar-refractivity contribution in [1.82, 2.24) is 10.2 Å². The lowest BCUT2D eigenvalue weighted by Crippen LogP contribution is -2.50. The highest BCUT2D eigenvalue weighted by Crippen LogP contribution is 2.19. The minimum atomic E-state index is -4.11. The van der Waals surface area contributed by atoms with Gasteiger partial charge in [-0.05, 0) is 26.9 Å². The molecule has 1 N–H and O–H groups in total. The van der Waals surface area contributed by atoms with Crippen LogP contribution in [0.2, 0.25) is 0 Å². The molecule has 0 rings (SSSR count). The molecule has 0 fully saturated rings. The molecule has 2 atom stereocenters. The number of nitrogens with zero attached hydrogens (tertiary/aromatic N) is 1. The van der Waals surface area contributed by atoms with Gasteiger partial charge in [-0.3, -0.25) is 4.90 Å². The Labute approximate surface area is 89.8 Å². The van der Waals surface area contributed by atoms with Crippen LogP contribution in [0.4, 0.5) is 13.2 Å². The molecule has 0 heterocycles. The van der Waals surface area contributed by atoms with Crippen LogP contribution in [0.3, 0.4) is 0 Å². The topological polar surface area (TPSA) is 15.3 Å². The number of hydrogen-bond donors (Lipinski definition) is 1. The highest BCUT2D eigenvalue weighted by molar-refractivity contribution is 4.80. The van der Waals surface area contributed by atoms with Crippen molar-refractivity contribution in [2.24, 2.45) is 0 Å². The Hall–Kier alpha value is -0.290. The predicted molar refractivity (Wildman–Crippen MR) is 55.9 cm³/mol. The van der Waals surface area contributed by atoms with Crippen molar-refractivity contribution in [2.75, 3.05) is 20.1 Å². The van der Waals surface area contributed by atoms with Crippen LogP contribution >= 0.6 is 0 Å². The minimum Gasteiger partial charge on any atom is -0.315 e. The normalized spacial score (nSPS) is 16.8. The molecular weight excluding hydrogens is 205 g/mol. The largest absolute Gasteiger partial charge is 0.401 e. The Morgan fingerprint density at radius 1 is 1.27 bits per heavy atom. The fourth-order valence-electron chi connectivity index (χ4n) is 1.81. The van der Waals surface area contributed by atoms with Gasteiger partial charge in [-0.25, -0.2) is 0 Å². The first kappa shape index (κ1) is 14.7. The Kier molecular flexibility index (Phi) is 6.20. The molecule has 0 aliphatic rings. The van der Waals surface area contributed by atoms with Gasteiger partial charge >= 0.3 is 6.18 Å². The van der Waals surface area contributed by atoms with Crippen LogP contribution in [-0.2, 0) is 0 Å². The van der Waals surface area contributed by atoms with E-state index in [0.29, 0.717) is 6.54 Å². The quantitative estimate of drug-likeness (QED) is 0.747. The van der Waals surface area contributed by atoms with Crippen LogP contribution in [0.1, 0.15) is 27.2 Å². The zero-order chi connectivity index (χ0) is 12.1. The summed E-state index contributed by atoms with van der Waals surface area (Å²) in [6.07, 6.45) is -3.29. The Bertz CT molecular complexity index is 167. The van der Waals surface area contributed by atoms with Crippen molar-refractivity contribution in [2.45, 2.75) is 45.5 Å². The smallest absolute Gasteiger partial charge is 0.315 e. The number of hydrogen-bond acceptors (Lipinski definition) is 2. The van der Waals surface area contributed by atoms with Crippen molar-refractivity contribution in [3.63, 3.8) is 0 Å². The summed E-state index contributed by atoms with van der Waals surface area (Å²) in [5, 5.41) is 3.04. The number of halogens is 3. The fourth-order valence-corrected chi connectivity index (χ4v) is 1.81. The third-order valence-electron chi connectivity index (χ3n) is 2.76. The highest BCUT2D eigenvalue weighted by atomic mass is 19.4. The zero-order valence-electron chi connectivity index (χ0n) is 9.86. The lowest BCUT2D eigenvalue weighted by Gasteiger charge is -2.33. The lowest BCUT2D eigenvalue weighted by atomic mass is 10.1. The van der Waals surface area contributed by atoms with Crippen LogP contribution in [-0.4, -0.2) is 43.3 Å². The van der Waals surface area contributed by atoms with Gasteiger partial charge in [0.05, 0.1) is 6.54 Å². The maximum Gasteiger partial charge on any atom is 0.401 e. The second-order valence-electron chi connectivity index (χ2n) is 3.72. The van der Waals surface area contributed by atoms with Crippen LogP contribution in [0.15, 0.2) is 0 Å². The maximum absolute atomic E-state index is 12.3. The van der Waals surface area contributed by atoms with Crippen molar-refractivity contribution in [1.29, 1.82) is 0 Å². The first-order valence-corrected chi connectivity index (χ1v) is 5.33. The van der Waals surface area contributed by atoms with Gasteiger partial charge in [-0.2, -0.15) is 13.2 Å². The van der Waals surface area contributed by atoms with E-state index in [2.05, 4.69) is 5.32 Å². The Morgan fingerprint density at radius 2 is 1.80 bits per heavy atom. The molecule has 0 radical (unpaired) electrons. The van der Waals surface area contributed by atoms with Gasteiger partial charge in [0.1, 0.15) is 0 Å². The van der Waals surface area contributed by atoms with E-state index in [1.54, 1.807) is 14.0 Å². The van der Waals surface area contributed by atoms with Gasteiger partial charge in [0.2, 0.25) is 0 Å². The van der Waals surface area contributed by atoms with Gasteiger partial charge in [-0.1, -0.05) is 13.8 Å². The van der Waals surface area contributed by atoms with E-state index in [1.807, 2.05) is 13.8 Å². The predicted octanol–water partition coefficient (Wildman–Crippen LogP) is 2.26. The zero-order valence-corrected chi connectivity index (χ0v) is 9.86. The standard InChI is InChI=1S/C10H21F3N2/c1-5-9(14-4)8(3)15(6-2)7-10(11,12)13/h8-9,14H,5-7H2,1-4H3. The summed E-state index contributed by atoms with van der Waals surface area (Å²) >= 11 is 0. The molecule has 0 aliphatic carbocycles. The first-order valence-electron chi connectivity index (χ1n) is 5.33. The molecule has 0 aliphatic heterocycles. The van der Waals surface area contributed by atoms with Crippen LogP contribution in [0, 0.1) is 0 Å². The molecule has 2 unspecified atom stereocenters. The van der Waals surface area contributed by atoms with Gasteiger partial charge in [-0.15, -0.1) is 0 Å². The average Bonchev–Trinajstić information content (AvgIpc) is 2.14.